The molecule has 0 nitrogen and oxygen atoms in total. The van der Waals surface area contributed by atoms with E-state index in [4.69, 9.17) is 0 Å². The van der Waals surface area contributed by atoms with Crippen molar-refractivity contribution in [2.24, 2.45) is 35.5 Å². The van der Waals surface area contributed by atoms with Crippen LogP contribution >= 0.6 is 0 Å². The highest BCUT2D eigenvalue weighted by atomic mass is 14.4. The Kier molecular flexibility index (Phi) is 9.69. The van der Waals surface area contributed by atoms with Gasteiger partial charge in [0.25, 0.3) is 0 Å². The number of hydrogen-bond acceptors (Lipinski definition) is 0. The van der Waals surface area contributed by atoms with Gasteiger partial charge in [-0.3, -0.25) is 0 Å². The summed E-state index contributed by atoms with van der Waals surface area (Å²) >= 11 is 0. The maximum atomic E-state index is 3.87. The quantitative estimate of drug-likeness (QED) is 0.348. The molecule has 0 aromatic heterocycles. The Morgan fingerprint density at radius 1 is 0.643 bits per heavy atom. The fourth-order valence-electron chi connectivity index (χ4n) is 6.66. The molecule has 0 unspecified atom stereocenters. The lowest BCUT2D eigenvalue weighted by Gasteiger charge is -2.37. The highest BCUT2D eigenvalue weighted by molar-refractivity contribution is 4.92. The minimum absolute atomic E-state index is 0.883. The predicted octanol–water partition coefficient (Wildman–Crippen LogP) is 9.12. The summed E-state index contributed by atoms with van der Waals surface area (Å²) < 4.78 is 0. The van der Waals surface area contributed by atoms with Crippen LogP contribution in [0.1, 0.15) is 116 Å². The van der Waals surface area contributed by atoms with E-state index in [9.17, 15) is 0 Å². The van der Waals surface area contributed by atoms with Crippen LogP contribution in [0.5, 0.6) is 0 Å². The second-order valence-corrected chi connectivity index (χ2v) is 10.6. The summed E-state index contributed by atoms with van der Waals surface area (Å²) in [5, 5.41) is 0. The van der Waals surface area contributed by atoms with E-state index in [2.05, 4.69) is 31.7 Å². The molecule has 0 atom stereocenters. The Labute approximate surface area is 176 Å². The first-order valence-electron chi connectivity index (χ1n) is 13.1. The van der Waals surface area contributed by atoms with E-state index < -0.39 is 0 Å². The minimum Gasteiger partial charge on any atom is -0.103 e. The van der Waals surface area contributed by atoms with Gasteiger partial charge in [0.1, 0.15) is 0 Å². The van der Waals surface area contributed by atoms with Crippen LogP contribution in [0, 0.1) is 35.5 Å². The van der Waals surface area contributed by atoms with Crippen molar-refractivity contribution in [3.63, 3.8) is 0 Å². The average Bonchev–Trinajstić information content (AvgIpc) is 2.76. The molecule has 0 heterocycles. The first kappa shape index (κ1) is 22.2. The summed E-state index contributed by atoms with van der Waals surface area (Å²) in [7, 11) is 0. The molecule has 3 rings (SSSR count). The van der Waals surface area contributed by atoms with Gasteiger partial charge >= 0.3 is 0 Å². The summed E-state index contributed by atoms with van der Waals surface area (Å²) in [6.07, 6.45) is 32.1. The third-order valence-electron chi connectivity index (χ3n) is 8.85. The van der Waals surface area contributed by atoms with Crippen LogP contribution in [0.4, 0.5) is 0 Å². The van der Waals surface area contributed by atoms with E-state index in [0.717, 1.165) is 35.5 Å². The number of allylic oxidation sites excluding steroid dienone is 3. The Morgan fingerprint density at radius 2 is 1.14 bits per heavy atom. The van der Waals surface area contributed by atoms with E-state index in [0.29, 0.717) is 0 Å². The van der Waals surface area contributed by atoms with Crippen LogP contribution in [-0.2, 0) is 0 Å². The molecule has 160 valence electrons. The van der Waals surface area contributed by atoms with Gasteiger partial charge in [-0.15, -0.1) is 6.58 Å². The summed E-state index contributed by atoms with van der Waals surface area (Å²) in [5.41, 5.74) is 0. The predicted molar refractivity (Wildman–Crippen MR) is 124 cm³/mol. The summed E-state index contributed by atoms with van der Waals surface area (Å²) in [6.45, 7) is 6.26. The van der Waals surface area contributed by atoms with Crippen LogP contribution in [0.25, 0.3) is 0 Å². The standard InChI is InChI=1S/C28H48/c1-3-5-8-24-11-13-25(14-12-24)9-6-7-10-26-17-21-28(22-18-26)27-19-15-23(4-2)16-20-27/h3,6,9,23-28H,1,4-5,7-8,10-22H2,2H3. The molecule has 0 saturated heterocycles. The molecule has 0 N–H and O–H groups in total. The monoisotopic (exact) mass is 384 g/mol. The lowest BCUT2D eigenvalue weighted by molar-refractivity contribution is 0.143. The van der Waals surface area contributed by atoms with Gasteiger partial charge in [0.15, 0.2) is 0 Å². The van der Waals surface area contributed by atoms with Gasteiger partial charge in [-0.05, 0) is 113 Å². The largest absolute Gasteiger partial charge is 0.103 e. The van der Waals surface area contributed by atoms with Crippen LogP contribution in [0.2, 0.25) is 0 Å². The van der Waals surface area contributed by atoms with Crippen molar-refractivity contribution in [1.29, 1.82) is 0 Å². The molecule has 3 aliphatic rings. The maximum absolute atomic E-state index is 3.87. The first-order valence-corrected chi connectivity index (χ1v) is 13.1. The van der Waals surface area contributed by atoms with E-state index in [-0.39, 0.29) is 0 Å². The highest BCUT2D eigenvalue weighted by Gasteiger charge is 2.30. The zero-order valence-electron chi connectivity index (χ0n) is 18.9. The topological polar surface area (TPSA) is 0 Å². The van der Waals surface area contributed by atoms with E-state index >= 15 is 0 Å². The molecule has 0 aromatic rings. The second-order valence-electron chi connectivity index (χ2n) is 10.6. The fraction of sp³-hybridized carbons (Fsp3) is 0.857. The van der Waals surface area contributed by atoms with Gasteiger partial charge in [0, 0.05) is 0 Å². The Bertz CT molecular complexity index is 437. The molecule has 0 amide bonds. The van der Waals surface area contributed by atoms with Crippen LogP contribution in [0.3, 0.4) is 0 Å². The van der Waals surface area contributed by atoms with Gasteiger partial charge in [0.2, 0.25) is 0 Å². The molecule has 0 bridgehead atoms. The number of rotatable bonds is 9. The lowest BCUT2D eigenvalue weighted by atomic mass is 9.68. The first-order chi connectivity index (χ1) is 13.8. The van der Waals surface area contributed by atoms with Crippen molar-refractivity contribution < 1.29 is 0 Å². The third kappa shape index (κ3) is 7.07. The molecule has 3 saturated carbocycles. The normalized spacial score (nSPS) is 37.2. The molecule has 3 aliphatic carbocycles. The lowest BCUT2D eigenvalue weighted by Crippen LogP contribution is -2.25. The van der Waals surface area contributed by atoms with Crippen molar-refractivity contribution >= 4 is 0 Å². The molecular formula is C28H48. The van der Waals surface area contributed by atoms with Crippen LogP contribution in [0.15, 0.2) is 24.8 Å². The van der Waals surface area contributed by atoms with Gasteiger partial charge in [0.05, 0.1) is 0 Å². The van der Waals surface area contributed by atoms with Crippen molar-refractivity contribution in [3.8, 4) is 0 Å². The van der Waals surface area contributed by atoms with Crippen molar-refractivity contribution in [2.45, 2.75) is 116 Å². The molecular weight excluding hydrogens is 336 g/mol. The molecule has 0 spiro atoms. The molecule has 0 heteroatoms. The van der Waals surface area contributed by atoms with Gasteiger partial charge < -0.3 is 0 Å². The Hall–Kier alpha value is -0.520. The summed E-state index contributed by atoms with van der Waals surface area (Å²) in [4.78, 5) is 0. The van der Waals surface area contributed by atoms with E-state index in [1.165, 1.54) is 83.5 Å². The van der Waals surface area contributed by atoms with E-state index in [1.54, 1.807) is 25.7 Å². The average molecular weight is 385 g/mol. The highest BCUT2D eigenvalue weighted by Crippen LogP contribution is 2.42. The molecule has 3 fully saturated rings. The molecule has 0 radical (unpaired) electrons. The summed E-state index contributed by atoms with van der Waals surface area (Å²) in [5.74, 6) is 6.12. The third-order valence-corrected chi connectivity index (χ3v) is 8.85. The van der Waals surface area contributed by atoms with Crippen LogP contribution in [-0.4, -0.2) is 0 Å². The number of hydrogen-bond donors (Lipinski definition) is 0. The fourth-order valence-corrected chi connectivity index (χ4v) is 6.66. The van der Waals surface area contributed by atoms with Gasteiger partial charge in [-0.1, -0.05) is 57.3 Å². The second kappa shape index (κ2) is 12.2. The Balaban J connectivity index is 1.25. The minimum atomic E-state index is 0.883. The SMILES string of the molecule is C=CCCC1CCC(C=CCCC2CCC(C3CCC(CC)CC3)CC2)CC1. The Morgan fingerprint density at radius 3 is 1.68 bits per heavy atom. The van der Waals surface area contributed by atoms with Crippen molar-refractivity contribution in [1.82, 2.24) is 0 Å². The zero-order chi connectivity index (χ0) is 19.6. The maximum Gasteiger partial charge on any atom is -0.0233 e. The molecule has 0 aliphatic heterocycles. The smallest absolute Gasteiger partial charge is 0.0233 e. The van der Waals surface area contributed by atoms with E-state index in [1.807, 2.05) is 0 Å². The molecule has 0 aromatic carbocycles. The zero-order valence-corrected chi connectivity index (χ0v) is 18.9. The van der Waals surface area contributed by atoms with Crippen molar-refractivity contribution in [2.75, 3.05) is 0 Å². The summed E-state index contributed by atoms with van der Waals surface area (Å²) in [6, 6.07) is 0. The van der Waals surface area contributed by atoms with Crippen LogP contribution < -0.4 is 0 Å². The molecule has 28 heavy (non-hydrogen) atoms. The van der Waals surface area contributed by atoms with Crippen molar-refractivity contribution in [3.05, 3.63) is 24.8 Å². The van der Waals surface area contributed by atoms with Gasteiger partial charge in [-0.25, -0.2) is 0 Å². The van der Waals surface area contributed by atoms with Gasteiger partial charge in [-0.2, -0.15) is 0 Å².